The number of rotatable bonds is 6. The molecule has 2 aromatic carbocycles. The maximum absolute atomic E-state index is 12.5. The molecule has 2 aromatic heterocycles. The largest absolute Gasteiger partial charge is 0.467 e. The van der Waals surface area contributed by atoms with E-state index >= 15 is 0 Å². The molecule has 0 saturated heterocycles. The van der Waals surface area contributed by atoms with Gasteiger partial charge in [-0.15, -0.1) is 0 Å². The number of furan rings is 1. The summed E-state index contributed by atoms with van der Waals surface area (Å²) in [6, 6.07) is 18.8. The molecule has 0 radical (unpaired) electrons. The van der Waals surface area contributed by atoms with Crippen LogP contribution in [0.15, 0.2) is 81.0 Å². The molecule has 0 spiro atoms. The lowest BCUT2D eigenvalue weighted by Gasteiger charge is -2.08. The summed E-state index contributed by atoms with van der Waals surface area (Å²) < 4.78 is 11.0. The fraction of sp³-hybridized carbons (Fsp3) is 0.100. The standard InChI is InChI=1S/C20H16N2O3S/c23-19(21-12-15-7-5-11-24-15)16-8-2-1-6-14(16)13-26-20-22-17-9-3-4-10-18(17)25-20/h1-11H,12-13H2,(H,21,23). The van der Waals surface area contributed by atoms with Crippen molar-refractivity contribution in [3.8, 4) is 0 Å². The Labute approximate surface area is 154 Å². The van der Waals surface area contributed by atoms with Crippen molar-refractivity contribution in [2.75, 3.05) is 0 Å². The number of fused-ring (bicyclic) bond motifs is 1. The average molecular weight is 364 g/mol. The van der Waals surface area contributed by atoms with Crippen LogP contribution in [0.4, 0.5) is 0 Å². The molecular weight excluding hydrogens is 348 g/mol. The summed E-state index contributed by atoms with van der Waals surface area (Å²) in [6.45, 7) is 0.360. The Morgan fingerprint density at radius 1 is 1.04 bits per heavy atom. The molecule has 0 aliphatic rings. The maximum atomic E-state index is 12.5. The van der Waals surface area contributed by atoms with Crippen LogP contribution in [-0.4, -0.2) is 10.9 Å². The summed E-state index contributed by atoms with van der Waals surface area (Å²) in [5.74, 6) is 1.18. The van der Waals surface area contributed by atoms with Gasteiger partial charge in [0.25, 0.3) is 11.1 Å². The fourth-order valence-electron chi connectivity index (χ4n) is 2.60. The van der Waals surface area contributed by atoms with Crippen molar-refractivity contribution in [2.45, 2.75) is 17.5 Å². The highest BCUT2D eigenvalue weighted by molar-refractivity contribution is 7.98. The van der Waals surface area contributed by atoms with Crippen molar-refractivity contribution in [2.24, 2.45) is 0 Å². The minimum absolute atomic E-state index is 0.129. The Hall–Kier alpha value is -2.99. The van der Waals surface area contributed by atoms with Crippen LogP contribution in [0.1, 0.15) is 21.7 Å². The number of thioether (sulfide) groups is 1. The van der Waals surface area contributed by atoms with Crippen LogP contribution < -0.4 is 5.32 Å². The second kappa shape index (κ2) is 7.49. The highest BCUT2D eigenvalue weighted by Crippen LogP contribution is 2.27. The first kappa shape index (κ1) is 16.5. The van der Waals surface area contributed by atoms with E-state index in [9.17, 15) is 4.79 Å². The lowest BCUT2D eigenvalue weighted by molar-refractivity contribution is 0.0947. The number of aromatic nitrogens is 1. The van der Waals surface area contributed by atoms with E-state index in [1.807, 2.05) is 54.6 Å². The van der Waals surface area contributed by atoms with E-state index in [1.165, 1.54) is 11.8 Å². The molecule has 26 heavy (non-hydrogen) atoms. The van der Waals surface area contributed by atoms with Gasteiger partial charge in [0.15, 0.2) is 5.58 Å². The van der Waals surface area contributed by atoms with Crippen molar-refractivity contribution in [1.82, 2.24) is 10.3 Å². The Bertz CT molecular complexity index is 991. The SMILES string of the molecule is O=C(NCc1ccco1)c1ccccc1CSc1nc2ccccc2o1. The highest BCUT2D eigenvalue weighted by atomic mass is 32.2. The number of hydrogen-bond donors (Lipinski definition) is 1. The third-order valence-electron chi connectivity index (χ3n) is 3.89. The van der Waals surface area contributed by atoms with Crippen LogP contribution in [0.3, 0.4) is 0 Å². The second-order valence-electron chi connectivity index (χ2n) is 5.66. The molecule has 4 rings (SSSR count). The minimum atomic E-state index is -0.129. The van der Waals surface area contributed by atoms with Gasteiger partial charge in [0.05, 0.1) is 12.8 Å². The molecule has 0 fully saturated rings. The molecule has 0 aliphatic heterocycles. The molecule has 2 heterocycles. The molecule has 0 aliphatic carbocycles. The van der Waals surface area contributed by atoms with Gasteiger partial charge >= 0.3 is 0 Å². The molecule has 1 N–H and O–H groups in total. The Balaban J connectivity index is 1.45. The van der Waals surface area contributed by atoms with Gasteiger partial charge in [-0.25, -0.2) is 4.98 Å². The zero-order valence-electron chi connectivity index (χ0n) is 13.8. The van der Waals surface area contributed by atoms with Crippen molar-refractivity contribution < 1.29 is 13.6 Å². The van der Waals surface area contributed by atoms with Crippen LogP contribution in [0.25, 0.3) is 11.1 Å². The van der Waals surface area contributed by atoms with E-state index in [0.29, 0.717) is 23.1 Å². The number of nitrogens with zero attached hydrogens (tertiary/aromatic N) is 1. The molecule has 4 aromatic rings. The van der Waals surface area contributed by atoms with Crippen molar-refractivity contribution in [1.29, 1.82) is 0 Å². The topological polar surface area (TPSA) is 68.3 Å². The van der Waals surface area contributed by atoms with Crippen molar-refractivity contribution in [3.05, 3.63) is 83.8 Å². The average Bonchev–Trinajstić information content (AvgIpc) is 3.33. The first-order valence-electron chi connectivity index (χ1n) is 8.16. The summed E-state index contributed by atoms with van der Waals surface area (Å²) in [6.07, 6.45) is 1.59. The molecule has 0 bridgehead atoms. The van der Waals surface area contributed by atoms with Gasteiger partial charge in [0, 0.05) is 11.3 Å². The van der Waals surface area contributed by atoms with Crippen molar-refractivity contribution in [3.63, 3.8) is 0 Å². The number of oxazole rings is 1. The van der Waals surface area contributed by atoms with E-state index in [1.54, 1.807) is 12.3 Å². The number of carbonyl (C=O) groups excluding carboxylic acids is 1. The number of amides is 1. The highest BCUT2D eigenvalue weighted by Gasteiger charge is 2.13. The van der Waals surface area contributed by atoms with Gasteiger partial charge in [0.2, 0.25) is 0 Å². The number of nitrogens with one attached hydrogen (secondary N) is 1. The fourth-order valence-corrected chi connectivity index (χ4v) is 3.44. The lowest BCUT2D eigenvalue weighted by atomic mass is 10.1. The van der Waals surface area contributed by atoms with Crippen LogP contribution in [-0.2, 0) is 12.3 Å². The van der Waals surface area contributed by atoms with Gasteiger partial charge in [-0.05, 0) is 35.9 Å². The summed E-state index contributed by atoms with van der Waals surface area (Å²) in [5, 5.41) is 3.47. The van der Waals surface area contributed by atoms with Crippen molar-refractivity contribution >= 4 is 28.8 Å². The van der Waals surface area contributed by atoms with Crippen LogP contribution in [0, 0.1) is 0 Å². The Morgan fingerprint density at radius 3 is 2.73 bits per heavy atom. The zero-order valence-corrected chi connectivity index (χ0v) is 14.7. The number of carbonyl (C=O) groups is 1. The molecule has 1 amide bonds. The van der Waals surface area contributed by atoms with E-state index < -0.39 is 0 Å². The molecule has 0 saturated carbocycles. The van der Waals surface area contributed by atoms with Crippen LogP contribution in [0.5, 0.6) is 0 Å². The van der Waals surface area contributed by atoms with Gasteiger partial charge in [0.1, 0.15) is 11.3 Å². The van der Waals surface area contributed by atoms with Gasteiger partial charge in [-0.1, -0.05) is 42.1 Å². The summed E-state index contributed by atoms with van der Waals surface area (Å²) in [4.78, 5) is 17.0. The monoisotopic (exact) mass is 364 g/mol. The number of hydrogen-bond acceptors (Lipinski definition) is 5. The quantitative estimate of drug-likeness (QED) is 0.505. The third kappa shape index (κ3) is 3.65. The predicted molar refractivity (Wildman–Crippen MR) is 99.9 cm³/mol. The van der Waals surface area contributed by atoms with E-state index in [2.05, 4.69) is 10.3 Å². The van der Waals surface area contributed by atoms with Gasteiger partial charge in [-0.3, -0.25) is 4.79 Å². The smallest absolute Gasteiger partial charge is 0.257 e. The maximum Gasteiger partial charge on any atom is 0.257 e. The second-order valence-corrected chi connectivity index (χ2v) is 6.58. The van der Waals surface area contributed by atoms with E-state index in [0.717, 1.165) is 22.4 Å². The summed E-state index contributed by atoms with van der Waals surface area (Å²) in [5.41, 5.74) is 3.17. The number of benzene rings is 2. The van der Waals surface area contributed by atoms with Crippen LogP contribution >= 0.6 is 11.8 Å². The first-order chi connectivity index (χ1) is 12.8. The molecule has 130 valence electrons. The molecule has 5 nitrogen and oxygen atoms in total. The predicted octanol–water partition coefficient (Wildman–Crippen LogP) is 4.64. The molecule has 0 atom stereocenters. The van der Waals surface area contributed by atoms with E-state index in [-0.39, 0.29) is 5.91 Å². The third-order valence-corrected chi connectivity index (χ3v) is 4.77. The number of para-hydroxylation sites is 2. The van der Waals surface area contributed by atoms with Crippen LogP contribution in [0.2, 0.25) is 0 Å². The van der Waals surface area contributed by atoms with Gasteiger partial charge in [-0.2, -0.15) is 0 Å². The lowest BCUT2D eigenvalue weighted by Crippen LogP contribution is -2.23. The van der Waals surface area contributed by atoms with Gasteiger partial charge < -0.3 is 14.2 Å². The summed E-state index contributed by atoms with van der Waals surface area (Å²) in [7, 11) is 0. The Kier molecular flexibility index (Phi) is 4.75. The van der Waals surface area contributed by atoms with E-state index in [4.69, 9.17) is 8.83 Å². The molecular formula is C20H16N2O3S. The molecule has 6 heteroatoms. The normalized spacial score (nSPS) is 10.9. The Morgan fingerprint density at radius 2 is 1.88 bits per heavy atom. The summed E-state index contributed by atoms with van der Waals surface area (Å²) >= 11 is 1.47. The first-order valence-corrected chi connectivity index (χ1v) is 9.15. The minimum Gasteiger partial charge on any atom is -0.467 e. The molecule has 0 unspecified atom stereocenters. The zero-order chi connectivity index (χ0) is 17.8.